The van der Waals surface area contributed by atoms with Crippen LogP contribution in [0.15, 0.2) is 54.6 Å². The molecule has 1 N–H and O–H groups in total. The number of aliphatic hydroxyl groups is 1. The molecule has 3 saturated heterocycles. The Bertz CT molecular complexity index is 870. The normalized spacial score (nSPS) is 34.3. The molecular weight excluding hydrogens is 428 g/mol. The lowest BCUT2D eigenvalue weighted by atomic mass is 9.97. The molecule has 2 unspecified atom stereocenters. The van der Waals surface area contributed by atoms with Gasteiger partial charge in [-0.3, -0.25) is 0 Å². The molecule has 7 atom stereocenters. The van der Waals surface area contributed by atoms with Crippen LogP contribution in [0.3, 0.4) is 0 Å². The van der Waals surface area contributed by atoms with Crippen LogP contribution < -0.4 is 9.47 Å². The molecular formula is C25H30O8. The van der Waals surface area contributed by atoms with Crippen LogP contribution in [0.25, 0.3) is 0 Å². The number of hydrogen-bond donors (Lipinski definition) is 1. The third-order valence-corrected chi connectivity index (χ3v) is 6.14. The van der Waals surface area contributed by atoms with Crippen molar-refractivity contribution in [3.05, 3.63) is 60.2 Å². The fourth-order valence-corrected chi connectivity index (χ4v) is 4.37. The second-order valence-corrected chi connectivity index (χ2v) is 8.40. The maximum atomic E-state index is 11.3. The highest BCUT2D eigenvalue weighted by Crippen LogP contribution is 2.36. The zero-order valence-electron chi connectivity index (χ0n) is 18.6. The molecule has 3 heterocycles. The lowest BCUT2D eigenvalue weighted by molar-refractivity contribution is -0.368. The van der Waals surface area contributed by atoms with Gasteiger partial charge in [0.25, 0.3) is 0 Å². The van der Waals surface area contributed by atoms with Crippen molar-refractivity contribution in [2.75, 3.05) is 20.3 Å². The molecule has 0 aromatic heterocycles. The van der Waals surface area contributed by atoms with E-state index in [2.05, 4.69) is 0 Å². The maximum absolute atomic E-state index is 11.3. The fraction of sp³-hybridized carbons (Fsp3) is 0.520. The van der Waals surface area contributed by atoms with Crippen LogP contribution in [0, 0.1) is 0 Å². The first-order valence-corrected chi connectivity index (χ1v) is 11.4. The van der Waals surface area contributed by atoms with Gasteiger partial charge in [-0.15, -0.1) is 0 Å². The highest BCUT2D eigenvalue weighted by molar-refractivity contribution is 5.31. The molecule has 0 saturated carbocycles. The minimum Gasteiger partial charge on any atom is -0.497 e. The van der Waals surface area contributed by atoms with E-state index in [0.29, 0.717) is 12.4 Å². The van der Waals surface area contributed by atoms with Gasteiger partial charge >= 0.3 is 0 Å². The summed E-state index contributed by atoms with van der Waals surface area (Å²) in [6.07, 6.45) is -2.04. The van der Waals surface area contributed by atoms with Gasteiger partial charge in [0.1, 0.15) is 29.8 Å². The van der Waals surface area contributed by atoms with E-state index in [9.17, 15) is 5.11 Å². The summed E-state index contributed by atoms with van der Waals surface area (Å²) in [4.78, 5) is 0. The third kappa shape index (κ3) is 5.16. The Balaban J connectivity index is 1.34. The molecule has 8 nitrogen and oxygen atoms in total. The Hall–Kier alpha value is -2.20. The standard InChI is InChI=1S/C25H30O8/c1-27-17-10-12-18(13-11-17)30-25-23(32-20-9-5-6-14-28-20)21(26)22-19(31-25)15-29-24(33-22)16-7-3-2-4-8-16/h2-4,7-8,10-13,19-26H,5-6,9,14-15H2,1H3/t19-,20?,21+,22-,23-,24?,25-/m1/s1. The van der Waals surface area contributed by atoms with E-state index >= 15 is 0 Å². The molecule has 2 aromatic carbocycles. The molecule has 0 radical (unpaired) electrons. The van der Waals surface area contributed by atoms with Gasteiger partial charge in [0, 0.05) is 12.2 Å². The lowest BCUT2D eigenvalue weighted by Crippen LogP contribution is -2.64. The van der Waals surface area contributed by atoms with E-state index in [1.54, 1.807) is 31.4 Å². The molecule has 2 aromatic rings. The fourth-order valence-electron chi connectivity index (χ4n) is 4.37. The molecule has 0 aliphatic carbocycles. The molecule has 5 rings (SSSR count). The highest BCUT2D eigenvalue weighted by atomic mass is 16.8. The number of ether oxygens (including phenoxy) is 7. The van der Waals surface area contributed by atoms with Crippen LogP contribution in [0.2, 0.25) is 0 Å². The SMILES string of the molecule is COc1ccc(O[C@@H]2O[C@@H]3COC(c4ccccc4)O[C@H]3[C@H](O)[C@H]2OC2CCCCO2)cc1. The average Bonchev–Trinajstić information content (AvgIpc) is 2.88. The van der Waals surface area contributed by atoms with E-state index in [1.807, 2.05) is 30.3 Å². The second kappa shape index (κ2) is 10.4. The monoisotopic (exact) mass is 458 g/mol. The second-order valence-electron chi connectivity index (χ2n) is 8.40. The van der Waals surface area contributed by atoms with Crippen LogP contribution in [-0.2, 0) is 23.7 Å². The molecule has 3 fully saturated rings. The number of benzene rings is 2. The largest absolute Gasteiger partial charge is 0.497 e. The van der Waals surface area contributed by atoms with Crippen molar-refractivity contribution in [1.82, 2.24) is 0 Å². The molecule has 3 aliphatic heterocycles. The minimum absolute atomic E-state index is 0.260. The smallest absolute Gasteiger partial charge is 0.229 e. The van der Waals surface area contributed by atoms with E-state index in [0.717, 1.165) is 30.6 Å². The number of fused-ring (bicyclic) bond motifs is 1. The summed E-state index contributed by atoms with van der Waals surface area (Å²) in [5, 5.41) is 11.3. The Kier molecular flexibility index (Phi) is 7.10. The first kappa shape index (κ1) is 22.6. The molecule has 3 aliphatic rings. The summed E-state index contributed by atoms with van der Waals surface area (Å²) < 4.78 is 41.5. The first-order chi connectivity index (χ1) is 16.2. The van der Waals surface area contributed by atoms with E-state index in [1.165, 1.54) is 0 Å². The molecule has 33 heavy (non-hydrogen) atoms. The van der Waals surface area contributed by atoms with Gasteiger partial charge in [-0.2, -0.15) is 0 Å². The van der Waals surface area contributed by atoms with Crippen LogP contribution in [0.4, 0.5) is 0 Å². The highest BCUT2D eigenvalue weighted by Gasteiger charge is 2.51. The van der Waals surface area contributed by atoms with Gasteiger partial charge in [-0.05, 0) is 43.5 Å². The van der Waals surface area contributed by atoms with Gasteiger partial charge in [0.05, 0.1) is 13.7 Å². The van der Waals surface area contributed by atoms with E-state index < -0.39 is 43.3 Å². The first-order valence-electron chi connectivity index (χ1n) is 11.4. The number of aliphatic hydroxyl groups excluding tert-OH is 1. The van der Waals surface area contributed by atoms with Gasteiger partial charge in [-0.1, -0.05) is 30.3 Å². The van der Waals surface area contributed by atoms with Crippen molar-refractivity contribution < 1.29 is 38.3 Å². The van der Waals surface area contributed by atoms with Gasteiger partial charge < -0.3 is 38.3 Å². The summed E-state index contributed by atoms with van der Waals surface area (Å²) in [6.45, 7) is 0.890. The molecule has 178 valence electrons. The van der Waals surface area contributed by atoms with Crippen molar-refractivity contribution in [3.8, 4) is 11.5 Å². The topological polar surface area (TPSA) is 84.8 Å². The van der Waals surface area contributed by atoms with Gasteiger partial charge in [-0.25, -0.2) is 0 Å². The van der Waals surface area contributed by atoms with Gasteiger partial charge in [0.15, 0.2) is 18.7 Å². The number of rotatable bonds is 6. The molecule has 0 spiro atoms. The Morgan fingerprint density at radius 3 is 2.42 bits per heavy atom. The molecule has 0 bridgehead atoms. The predicted octanol–water partition coefficient (Wildman–Crippen LogP) is 3.19. The zero-order chi connectivity index (χ0) is 22.6. The summed E-state index contributed by atoms with van der Waals surface area (Å²) in [6, 6.07) is 16.8. The zero-order valence-corrected chi connectivity index (χ0v) is 18.6. The third-order valence-electron chi connectivity index (χ3n) is 6.14. The Labute approximate surface area is 193 Å². The van der Waals surface area contributed by atoms with Crippen LogP contribution >= 0.6 is 0 Å². The Morgan fingerprint density at radius 2 is 1.70 bits per heavy atom. The van der Waals surface area contributed by atoms with Crippen LogP contribution in [0.1, 0.15) is 31.1 Å². The molecule has 0 amide bonds. The van der Waals surface area contributed by atoms with Crippen LogP contribution in [0.5, 0.6) is 11.5 Å². The van der Waals surface area contributed by atoms with Crippen LogP contribution in [-0.4, -0.2) is 62.4 Å². The summed E-state index contributed by atoms with van der Waals surface area (Å²) in [5.41, 5.74) is 0.882. The maximum Gasteiger partial charge on any atom is 0.229 e. The lowest BCUT2D eigenvalue weighted by Gasteiger charge is -2.48. The van der Waals surface area contributed by atoms with E-state index in [-0.39, 0.29) is 6.61 Å². The summed E-state index contributed by atoms with van der Waals surface area (Å²) >= 11 is 0. The van der Waals surface area contributed by atoms with Gasteiger partial charge in [0.2, 0.25) is 6.29 Å². The van der Waals surface area contributed by atoms with Crippen molar-refractivity contribution >= 4 is 0 Å². The predicted molar refractivity (Wildman–Crippen MR) is 117 cm³/mol. The molecule has 8 heteroatoms. The average molecular weight is 459 g/mol. The van der Waals surface area contributed by atoms with E-state index in [4.69, 9.17) is 33.2 Å². The number of methoxy groups -OCH3 is 1. The summed E-state index contributed by atoms with van der Waals surface area (Å²) in [7, 11) is 1.61. The summed E-state index contributed by atoms with van der Waals surface area (Å²) in [5.74, 6) is 1.29. The van der Waals surface area contributed by atoms with Crippen molar-refractivity contribution in [1.29, 1.82) is 0 Å². The van der Waals surface area contributed by atoms with Crippen molar-refractivity contribution in [2.45, 2.75) is 62.5 Å². The van der Waals surface area contributed by atoms with Crippen molar-refractivity contribution in [3.63, 3.8) is 0 Å². The minimum atomic E-state index is -0.993. The Morgan fingerprint density at radius 1 is 0.909 bits per heavy atom. The number of hydrogen-bond acceptors (Lipinski definition) is 8. The quantitative estimate of drug-likeness (QED) is 0.707. The van der Waals surface area contributed by atoms with Crippen molar-refractivity contribution in [2.24, 2.45) is 0 Å².